The van der Waals surface area contributed by atoms with Crippen LogP contribution in [0, 0.1) is 0 Å². The third kappa shape index (κ3) is 3.31. The maximum Gasteiger partial charge on any atom is 0.228 e. The van der Waals surface area contributed by atoms with E-state index in [2.05, 4.69) is 10.3 Å². The Morgan fingerprint density at radius 2 is 2.44 bits per heavy atom. The second-order valence-corrected chi connectivity index (χ2v) is 3.96. The molecule has 1 aromatic heterocycles. The lowest BCUT2D eigenvalue weighted by atomic mass is 10.1. The zero-order chi connectivity index (χ0) is 11.2. The lowest BCUT2D eigenvalue weighted by molar-refractivity contribution is -0.119. The lowest BCUT2D eigenvalue weighted by Crippen LogP contribution is -2.25. The molecule has 1 amide bonds. The van der Waals surface area contributed by atoms with Crippen LogP contribution in [0.3, 0.4) is 0 Å². The van der Waals surface area contributed by atoms with Gasteiger partial charge >= 0.3 is 0 Å². The van der Waals surface area contributed by atoms with E-state index in [0.717, 1.165) is 25.9 Å². The minimum Gasteiger partial charge on any atom is -0.378 e. The largest absolute Gasteiger partial charge is 0.378 e. The van der Waals surface area contributed by atoms with Gasteiger partial charge < -0.3 is 10.1 Å². The van der Waals surface area contributed by atoms with Crippen LogP contribution in [0.15, 0.2) is 24.4 Å². The van der Waals surface area contributed by atoms with Crippen LogP contribution in [-0.2, 0) is 9.53 Å². The summed E-state index contributed by atoms with van der Waals surface area (Å²) < 4.78 is 5.51. The van der Waals surface area contributed by atoms with E-state index in [-0.39, 0.29) is 12.0 Å². The Balaban J connectivity index is 1.80. The van der Waals surface area contributed by atoms with Crippen LogP contribution in [-0.4, -0.2) is 23.6 Å². The summed E-state index contributed by atoms with van der Waals surface area (Å²) in [6.07, 6.45) is 5.41. The van der Waals surface area contributed by atoms with Gasteiger partial charge in [-0.1, -0.05) is 6.07 Å². The van der Waals surface area contributed by atoms with Crippen LogP contribution in [0.2, 0.25) is 0 Å². The van der Waals surface area contributed by atoms with Crippen molar-refractivity contribution in [3.63, 3.8) is 0 Å². The van der Waals surface area contributed by atoms with E-state index in [1.165, 1.54) is 0 Å². The second-order valence-electron chi connectivity index (χ2n) is 3.96. The number of hydrogen-bond acceptors (Lipinski definition) is 3. The average Bonchev–Trinajstić information content (AvgIpc) is 2.31. The number of hydrogen-bond donors (Lipinski definition) is 1. The normalized spacial score (nSPS) is 20.4. The molecule has 0 aromatic carbocycles. The number of nitrogens with zero attached hydrogens (tertiary/aromatic N) is 1. The Hall–Kier alpha value is -1.42. The molecule has 1 saturated heterocycles. The number of anilines is 1. The molecule has 0 bridgehead atoms. The Kier molecular flexibility index (Phi) is 3.88. The first-order valence-electron chi connectivity index (χ1n) is 5.67. The molecule has 0 aliphatic carbocycles. The summed E-state index contributed by atoms with van der Waals surface area (Å²) in [7, 11) is 0. The van der Waals surface area contributed by atoms with Crippen molar-refractivity contribution in [2.75, 3.05) is 11.9 Å². The molecule has 1 aliphatic rings. The highest BCUT2D eigenvalue weighted by molar-refractivity contribution is 5.90. The highest BCUT2D eigenvalue weighted by atomic mass is 16.5. The minimum absolute atomic E-state index is 0.0226. The maximum atomic E-state index is 11.6. The second kappa shape index (κ2) is 5.61. The van der Waals surface area contributed by atoms with Crippen molar-refractivity contribution >= 4 is 11.7 Å². The number of rotatable bonds is 3. The maximum absolute atomic E-state index is 11.6. The van der Waals surface area contributed by atoms with E-state index in [4.69, 9.17) is 4.74 Å². The first kappa shape index (κ1) is 11.1. The van der Waals surface area contributed by atoms with Gasteiger partial charge in [-0.05, 0) is 31.4 Å². The van der Waals surface area contributed by atoms with Gasteiger partial charge in [0.15, 0.2) is 0 Å². The van der Waals surface area contributed by atoms with Crippen LogP contribution in [0.1, 0.15) is 25.7 Å². The first-order valence-corrected chi connectivity index (χ1v) is 5.67. The van der Waals surface area contributed by atoms with Gasteiger partial charge in [-0.15, -0.1) is 0 Å². The van der Waals surface area contributed by atoms with Crippen molar-refractivity contribution in [2.24, 2.45) is 0 Å². The van der Waals surface area contributed by atoms with E-state index in [0.29, 0.717) is 12.2 Å². The van der Waals surface area contributed by atoms with E-state index < -0.39 is 0 Å². The Morgan fingerprint density at radius 1 is 1.50 bits per heavy atom. The minimum atomic E-state index is -0.0226. The van der Waals surface area contributed by atoms with Gasteiger partial charge in [0.25, 0.3) is 0 Å². The highest BCUT2D eigenvalue weighted by Crippen LogP contribution is 2.16. The number of amides is 1. The molecule has 2 heterocycles. The summed E-state index contributed by atoms with van der Waals surface area (Å²) in [5.41, 5.74) is 0. The van der Waals surface area contributed by atoms with Crippen LogP contribution in [0.5, 0.6) is 0 Å². The SMILES string of the molecule is O=C(C[C@H]1CCCCO1)Nc1ccccn1. The molecule has 86 valence electrons. The molecule has 1 aromatic rings. The van der Waals surface area contributed by atoms with Crippen LogP contribution < -0.4 is 5.32 Å². The lowest BCUT2D eigenvalue weighted by Gasteiger charge is -2.21. The van der Waals surface area contributed by atoms with Gasteiger partial charge in [0.1, 0.15) is 5.82 Å². The Labute approximate surface area is 95.0 Å². The molecule has 1 atom stereocenters. The third-order valence-corrected chi connectivity index (χ3v) is 2.62. The molecule has 1 aliphatic heterocycles. The van der Waals surface area contributed by atoms with Crippen molar-refractivity contribution in [1.82, 2.24) is 4.98 Å². The van der Waals surface area contributed by atoms with Gasteiger partial charge in [0, 0.05) is 12.8 Å². The summed E-state index contributed by atoms with van der Waals surface area (Å²) in [5.74, 6) is 0.578. The molecule has 1 fully saturated rings. The first-order chi connectivity index (χ1) is 7.84. The standard InChI is InChI=1S/C12H16N2O2/c15-12(9-10-5-2-4-8-16-10)14-11-6-1-3-7-13-11/h1,3,6-7,10H,2,4-5,8-9H2,(H,13,14,15)/t10-/m1/s1. The van der Waals surface area contributed by atoms with Gasteiger partial charge in [0.2, 0.25) is 5.91 Å². The molecule has 2 rings (SSSR count). The molecule has 1 N–H and O–H groups in total. The number of carbonyl (C=O) groups excluding carboxylic acids is 1. The summed E-state index contributed by atoms with van der Waals surface area (Å²) >= 11 is 0. The van der Waals surface area contributed by atoms with E-state index in [1.54, 1.807) is 12.3 Å². The van der Waals surface area contributed by atoms with E-state index >= 15 is 0 Å². The highest BCUT2D eigenvalue weighted by Gasteiger charge is 2.17. The predicted octanol–water partition coefficient (Wildman–Crippen LogP) is 1.98. The summed E-state index contributed by atoms with van der Waals surface area (Å²) in [5, 5.41) is 2.76. The fraction of sp³-hybridized carbons (Fsp3) is 0.500. The molecule has 0 unspecified atom stereocenters. The van der Waals surface area contributed by atoms with Crippen molar-refractivity contribution in [3.8, 4) is 0 Å². The van der Waals surface area contributed by atoms with Gasteiger partial charge in [-0.3, -0.25) is 4.79 Å². The van der Waals surface area contributed by atoms with Crippen LogP contribution in [0.25, 0.3) is 0 Å². The summed E-state index contributed by atoms with van der Waals surface area (Å²) in [6.45, 7) is 0.779. The van der Waals surface area contributed by atoms with Crippen molar-refractivity contribution in [1.29, 1.82) is 0 Å². The third-order valence-electron chi connectivity index (χ3n) is 2.62. The fourth-order valence-electron chi connectivity index (χ4n) is 1.81. The number of ether oxygens (including phenoxy) is 1. The molecule has 16 heavy (non-hydrogen) atoms. The summed E-state index contributed by atoms with van der Waals surface area (Å²) in [4.78, 5) is 15.7. The zero-order valence-electron chi connectivity index (χ0n) is 9.19. The van der Waals surface area contributed by atoms with Crippen molar-refractivity contribution < 1.29 is 9.53 Å². The molecular formula is C12H16N2O2. The predicted molar refractivity (Wildman–Crippen MR) is 61.1 cm³/mol. The van der Waals surface area contributed by atoms with Gasteiger partial charge in [0.05, 0.1) is 12.5 Å². The molecule has 0 saturated carbocycles. The molecule has 0 radical (unpaired) electrons. The van der Waals surface area contributed by atoms with Gasteiger partial charge in [-0.25, -0.2) is 4.98 Å². The number of pyridine rings is 1. The van der Waals surface area contributed by atoms with E-state index in [9.17, 15) is 4.79 Å². The van der Waals surface area contributed by atoms with E-state index in [1.807, 2.05) is 12.1 Å². The molecular weight excluding hydrogens is 204 g/mol. The Bertz CT molecular complexity index is 334. The number of nitrogens with one attached hydrogen (secondary N) is 1. The fourth-order valence-corrected chi connectivity index (χ4v) is 1.81. The number of carbonyl (C=O) groups is 1. The monoisotopic (exact) mass is 220 g/mol. The van der Waals surface area contributed by atoms with Crippen LogP contribution >= 0.6 is 0 Å². The zero-order valence-corrected chi connectivity index (χ0v) is 9.19. The smallest absolute Gasteiger partial charge is 0.228 e. The quantitative estimate of drug-likeness (QED) is 0.847. The van der Waals surface area contributed by atoms with Crippen molar-refractivity contribution in [3.05, 3.63) is 24.4 Å². The van der Waals surface area contributed by atoms with Crippen molar-refractivity contribution in [2.45, 2.75) is 31.8 Å². The molecule has 4 nitrogen and oxygen atoms in total. The number of aromatic nitrogens is 1. The van der Waals surface area contributed by atoms with Gasteiger partial charge in [-0.2, -0.15) is 0 Å². The summed E-state index contributed by atoms with van der Waals surface area (Å²) in [6, 6.07) is 5.44. The average molecular weight is 220 g/mol. The molecule has 4 heteroatoms. The van der Waals surface area contributed by atoms with Crippen LogP contribution in [0.4, 0.5) is 5.82 Å². The molecule has 0 spiro atoms. The Morgan fingerprint density at radius 3 is 3.12 bits per heavy atom. The topological polar surface area (TPSA) is 51.2 Å².